The molecule has 0 aliphatic carbocycles. The minimum Gasteiger partial charge on any atom is -0.370 e. The molecule has 0 saturated heterocycles. The molecule has 2 aromatic rings. The Bertz CT molecular complexity index is 718. The van der Waals surface area contributed by atoms with Crippen molar-refractivity contribution in [2.45, 2.75) is 40.8 Å². The van der Waals surface area contributed by atoms with Crippen LogP contribution in [0.15, 0.2) is 47.5 Å². The Labute approximate surface area is 151 Å². The summed E-state index contributed by atoms with van der Waals surface area (Å²) < 4.78 is 0. The quantitative estimate of drug-likeness (QED) is 0.591. The maximum Gasteiger partial charge on any atom is 0.193 e. The van der Waals surface area contributed by atoms with E-state index >= 15 is 0 Å². The minimum atomic E-state index is 0.442. The second-order valence-corrected chi connectivity index (χ2v) is 6.41. The Morgan fingerprint density at radius 1 is 1.00 bits per heavy atom. The van der Waals surface area contributed by atoms with E-state index in [1.54, 1.807) is 0 Å². The average Bonchev–Trinajstić information content (AvgIpc) is 2.61. The highest BCUT2D eigenvalue weighted by Gasteiger charge is 2.02. The maximum absolute atomic E-state index is 6.03. The largest absolute Gasteiger partial charge is 0.370 e. The number of aliphatic imine (C=N–C) groups is 1. The Balaban J connectivity index is 1.99. The van der Waals surface area contributed by atoms with Gasteiger partial charge < -0.3 is 11.1 Å². The van der Waals surface area contributed by atoms with Crippen LogP contribution in [-0.2, 0) is 13.1 Å². The van der Waals surface area contributed by atoms with Gasteiger partial charge in [-0.3, -0.25) is 4.90 Å². The molecule has 0 fully saturated rings. The van der Waals surface area contributed by atoms with Crippen LogP contribution in [0.4, 0.5) is 5.69 Å². The van der Waals surface area contributed by atoms with Gasteiger partial charge in [0, 0.05) is 12.2 Å². The Morgan fingerprint density at radius 2 is 1.72 bits per heavy atom. The molecule has 0 aliphatic heterocycles. The molecule has 0 spiro atoms. The highest BCUT2D eigenvalue weighted by atomic mass is 15.1. The van der Waals surface area contributed by atoms with E-state index in [9.17, 15) is 0 Å². The molecule has 0 aliphatic rings. The lowest BCUT2D eigenvalue weighted by molar-refractivity contribution is 0.296. The van der Waals surface area contributed by atoms with Gasteiger partial charge in [0.05, 0.1) is 6.54 Å². The molecule has 0 aromatic heterocycles. The Hall–Kier alpha value is -2.33. The van der Waals surface area contributed by atoms with Crippen molar-refractivity contribution < 1.29 is 0 Å². The van der Waals surface area contributed by atoms with E-state index in [-0.39, 0.29) is 0 Å². The minimum absolute atomic E-state index is 0.442. The van der Waals surface area contributed by atoms with Gasteiger partial charge in [-0.05, 0) is 61.3 Å². The van der Waals surface area contributed by atoms with E-state index in [1.807, 2.05) is 6.07 Å². The summed E-state index contributed by atoms with van der Waals surface area (Å²) in [5.74, 6) is 0.442. The second-order valence-electron chi connectivity index (χ2n) is 6.41. The van der Waals surface area contributed by atoms with E-state index in [0.29, 0.717) is 12.5 Å². The standard InChI is InChI=1S/C21H30N4/c1-5-25(6-2)15-19-9-7-8-18(13-19)14-23-21(22)24-20-11-10-16(3)17(4)12-20/h7-13H,5-6,14-15H2,1-4H3,(H3,22,23,24). The lowest BCUT2D eigenvalue weighted by Gasteiger charge is -2.18. The first-order valence-electron chi connectivity index (χ1n) is 8.96. The van der Waals surface area contributed by atoms with Crippen LogP contribution in [0, 0.1) is 13.8 Å². The normalized spacial score (nSPS) is 11.8. The number of nitrogens with one attached hydrogen (secondary N) is 1. The molecule has 0 bridgehead atoms. The molecule has 0 amide bonds. The third kappa shape index (κ3) is 5.91. The third-order valence-electron chi connectivity index (χ3n) is 4.50. The van der Waals surface area contributed by atoms with Gasteiger partial charge >= 0.3 is 0 Å². The van der Waals surface area contributed by atoms with Crippen molar-refractivity contribution in [2.24, 2.45) is 10.7 Å². The van der Waals surface area contributed by atoms with Gasteiger partial charge in [0.1, 0.15) is 0 Å². The molecule has 0 unspecified atom stereocenters. The van der Waals surface area contributed by atoms with Gasteiger partial charge in [-0.15, -0.1) is 0 Å². The fourth-order valence-corrected chi connectivity index (χ4v) is 2.71. The Kier molecular flexibility index (Phi) is 7.02. The Morgan fingerprint density at radius 3 is 2.40 bits per heavy atom. The molecular formula is C21H30N4. The topological polar surface area (TPSA) is 53.6 Å². The van der Waals surface area contributed by atoms with E-state index in [4.69, 9.17) is 5.73 Å². The van der Waals surface area contributed by atoms with E-state index < -0.39 is 0 Å². The molecule has 4 heteroatoms. The number of guanidine groups is 1. The monoisotopic (exact) mass is 338 g/mol. The molecule has 3 N–H and O–H groups in total. The summed E-state index contributed by atoms with van der Waals surface area (Å²) in [6.07, 6.45) is 0. The summed E-state index contributed by atoms with van der Waals surface area (Å²) in [5.41, 5.74) is 12.0. The first-order chi connectivity index (χ1) is 12.0. The van der Waals surface area contributed by atoms with Crippen LogP contribution < -0.4 is 11.1 Å². The highest BCUT2D eigenvalue weighted by Crippen LogP contribution is 2.14. The van der Waals surface area contributed by atoms with Crippen molar-refractivity contribution in [1.82, 2.24) is 4.90 Å². The van der Waals surface area contributed by atoms with Crippen LogP contribution in [-0.4, -0.2) is 23.9 Å². The predicted molar refractivity (Wildman–Crippen MR) is 108 cm³/mol. The molecule has 0 heterocycles. The van der Waals surface area contributed by atoms with Crippen LogP contribution in [0.1, 0.15) is 36.1 Å². The summed E-state index contributed by atoms with van der Waals surface area (Å²) in [5, 5.41) is 3.16. The zero-order valence-corrected chi connectivity index (χ0v) is 15.8. The van der Waals surface area contributed by atoms with Crippen molar-refractivity contribution >= 4 is 11.6 Å². The number of hydrogen-bond acceptors (Lipinski definition) is 2. The molecule has 2 aromatic carbocycles. The van der Waals surface area contributed by atoms with Gasteiger partial charge in [-0.25, -0.2) is 4.99 Å². The fourth-order valence-electron chi connectivity index (χ4n) is 2.71. The first kappa shape index (κ1) is 19.0. The van der Waals surface area contributed by atoms with Crippen LogP contribution in [0.2, 0.25) is 0 Å². The van der Waals surface area contributed by atoms with Gasteiger partial charge in [0.25, 0.3) is 0 Å². The highest BCUT2D eigenvalue weighted by molar-refractivity contribution is 5.92. The van der Waals surface area contributed by atoms with Crippen molar-refractivity contribution in [3.05, 3.63) is 64.7 Å². The average molecular weight is 338 g/mol. The second kappa shape index (κ2) is 9.23. The van der Waals surface area contributed by atoms with Gasteiger partial charge in [0.15, 0.2) is 5.96 Å². The van der Waals surface area contributed by atoms with Crippen molar-refractivity contribution in [1.29, 1.82) is 0 Å². The number of rotatable bonds is 7. The fraction of sp³-hybridized carbons (Fsp3) is 0.381. The molecule has 2 rings (SSSR count). The maximum atomic E-state index is 6.03. The summed E-state index contributed by atoms with van der Waals surface area (Å²) in [4.78, 5) is 6.87. The third-order valence-corrected chi connectivity index (χ3v) is 4.50. The van der Waals surface area contributed by atoms with E-state index in [0.717, 1.165) is 25.3 Å². The van der Waals surface area contributed by atoms with Crippen molar-refractivity contribution in [2.75, 3.05) is 18.4 Å². The summed E-state index contributed by atoms with van der Waals surface area (Å²) in [7, 11) is 0. The molecule has 134 valence electrons. The van der Waals surface area contributed by atoms with E-state index in [2.05, 4.69) is 79.3 Å². The number of nitrogens with zero attached hydrogens (tertiary/aromatic N) is 2. The zero-order valence-electron chi connectivity index (χ0n) is 15.8. The molecule has 0 radical (unpaired) electrons. The van der Waals surface area contributed by atoms with Crippen LogP contribution in [0.25, 0.3) is 0 Å². The van der Waals surface area contributed by atoms with Crippen molar-refractivity contribution in [3.63, 3.8) is 0 Å². The smallest absolute Gasteiger partial charge is 0.193 e. The number of benzene rings is 2. The first-order valence-corrected chi connectivity index (χ1v) is 8.96. The van der Waals surface area contributed by atoms with Crippen LogP contribution in [0.5, 0.6) is 0 Å². The number of hydrogen-bond donors (Lipinski definition) is 2. The van der Waals surface area contributed by atoms with Crippen molar-refractivity contribution in [3.8, 4) is 0 Å². The summed E-state index contributed by atoms with van der Waals surface area (Å²) >= 11 is 0. The number of anilines is 1. The summed E-state index contributed by atoms with van der Waals surface area (Å²) in [6.45, 7) is 12.2. The molecule has 0 atom stereocenters. The molecule has 0 saturated carbocycles. The molecule has 4 nitrogen and oxygen atoms in total. The van der Waals surface area contributed by atoms with Crippen LogP contribution in [0.3, 0.4) is 0 Å². The lowest BCUT2D eigenvalue weighted by atomic mass is 10.1. The summed E-state index contributed by atoms with van der Waals surface area (Å²) in [6, 6.07) is 14.8. The number of aryl methyl sites for hydroxylation is 2. The van der Waals surface area contributed by atoms with Gasteiger partial charge in [-0.1, -0.05) is 44.2 Å². The lowest BCUT2D eigenvalue weighted by Crippen LogP contribution is -2.23. The van der Waals surface area contributed by atoms with Crippen LogP contribution >= 0.6 is 0 Å². The zero-order chi connectivity index (χ0) is 18.2. The SMILES string of the molecule is CCN(CC)Cc1cccc(CN=C(N)Nc2ccc(C)c(C)c2)c1. The van der Waals surface area contributed by atoms with E-state index in [1.165, 1.54) is 22.3 Å². The predicted octanol–water partition coefficient (Wildman–Crippen LogP) is 4.07. The molecular weight excluding hydrogens is 308 g/mol. The molecule has 25 heavy (non-hydrogen) atoms. The van der Waals surface area contributed by atoms with Gasteiger partial charge in [0.2, 0.25) is 0 Å². The number of nitrogens with two attached hydrogens (primary N) is 1. The van der Waals surface area contributed by atoms with Gasteiger partial charge in [-0.2, -0.15) is 0 Å².